The molecule has 82 valence electrons. The van der Waals surface area contributed by atoms with E-state index >= 15 is 0 Å². The Morgan fingerprint density at radius 2 is 1.73 bits per heavy atom. The van der Waals surface area contributed by atoms with Crippen LogP contribution in [0.1, 0.15) is 25.0 Å². The molecule has 1 rings (SSSR count). The molecule has 0 spiro atoms. The summed E-state index contributed by atoms with van der Waals surface area (Å²) in [5.74, 6) is 0. The first-order valence-electron chi connectivity index (χ1n) is 5.07. The molecule has 0 amide bonds. The van der Waals surface area contributed by atoms with Gasteiger partial charge in [0.1, 0.15) is 0 Å². The summed E-state index contributed by atoms with van der Waals surface area (Å²) in [5, 5.41) is 2.98. The third-order valence-electron chi connectivity index (χ3n) is 1.88. The lowest BCUT2D eigenvalue weighted by Crippen LogP contribution is -2.03. The van der Waals surface area contributed by atoms with E-state index < -0.39 is 0 Å². The zero-order valence-corrected chi connectivity index (χ0v) is 9.80. The summed E-state index contributed by atoms with van der Waals surface area (Å²) in [6, 6.07) is 7.80. The van der Waals surface area contributed by atoms with E-state index in [1.165, 1.54) is 0 Å². The molecular formula is C13H20N2. The molecule has 2 heteroatoms. The summed E-state index contributed by atoms with van der Waals surface area (Å²) >= 11 is 0. The number of hydrogen-bond acceptors (Lipinski definition) is 2. The van der Waals surface area contributed by atoms with Gasteiger partial charge in [-0.05, 0) is 17.2 Å². The molecule has 1 aromatic rings. The van der Waals surface area contributed by atoms with Crippen LogP contribution in [0.15, 0.2) is 37.4 Å². The summed E-state index contributed by atoms with van der Waals surface area (Å²) < 4.78 is 0. The van der Waals surface area contributed by atoms with Crippen LogP contribution in [0.3, 0.4) is 0 Å². The monoisotopic (exact) mass is 204 g/mol. The molecule has 0 unspecified atom stereocenters. The predicted molar refractivity (Wildman–Crippen MR) is 69.1 cm³/mol. The van der Waals surface area contributed by atoms with E-state index in [1.807, 2.05) is 45.2 Å². The number of nitrogens with one attached hydrogen (secondary N) is 1. The van der Waals surface area contributed by atoms with E-state index in [4.69, 9.17) is 5.73 Å². The molecule has 1 aromatic carbocycles. The van der Waals surface area contributed by atoms with Crippen molar-refractivity contribution in [1.29, 1.82) is 0 Å². The van der Waals surface area contributed by atoms with E-state index in [0.717, 1.165) is 16.8 Å². The molecule has 0 aromatic heterocycles. The van der Waals surface area contributed by atoms with Crippen molar-refractivity contribution in [2.45, 2.75) is 13.8 Å². The van der Waals surface area contributed by atoms with Gasteiger partial charge < -0.3 is 11.1 Å². The fourth-order valence-corrected chi connectivity index (χ4v) is 1.05. The summed E-state index contributed by atoms with van der Waals surface area (Å²) in [7, 11) is 1.84. The molecule has 0 saturated heterocycles. The van der Waals surface area contributed by atoms with Crippen LogP contribution in [-0.2, 0) is 0 Å². The minimum Gasteiger partial charge on any atom is -0.399 e. The van der Waals surface area contributed by atoms with Gasteiger partial charge in [-0.15, -0.1) is 0 Å². The van der Waals surface area contributed by atoms with E-state index in [2.05, 4.69) is 18.5 Å². The van der Waals surface area contributed by atoms with Crippen LogP contribution in [0, 0.1) is 0 Å². The second kappa shape index (κ2) is 6.71. The van der Waals surface area contributed by atoms with Crippen LogP contribution >= 0.6 is 0 Å². The Morgan fingerprint density at radius 1 is 1.20 bits per heavy atom. The van der Waals surface area contributed by atoms with Crippen LogP contribution in [0.25, 0.3) is 11.4 Å². The van der Waals surface area contributed by atoms with Crippen molar-refractivity contribution in [1.82, 2.24) is 5.32 Å². The summed E-state index contributed by atoms with van der Waals surface area (Å²) in [4.78, 5) is 0. The van der Waals surface area contributed by atoms with Crippen LogP contribution in [0.5, 0.6) is 0 Å². The minimum absolute atomic E-state index is 0.575. The van der Waals surface area contributed by atoms with Crippen LogP contribution in [0.4, 0.5) is 0 Å². The van der Waals surface area contributed by atoms with Gasteiger partial charge in [0.25, 0.3) is 0 Å². The minimum atomic E-state index is 0.575. The third-order valence-corrected chi connectivity index (χ3v) is 1.88. The summed E-state index contributed by atoms with van der Waals surface area (Å²) in [6.45, 7) is 11.5. The van der Waals surface area contributed by atoms with Crippen LogP contribution in [-0.4, -0.2) is 7.05 Å². The van der Waals surface area contributed by atoms with Crippen molar-refractivity contribution in [3.63, 3.8) is 0 Å². The second-order valence-corrected chi connectivity index (χ2v) is 2.83. The number of nitrogens with two attached hydrogens (primary N) is 1. The Balaban J connectivity index is 0.000000921. The van der Waals surface area contributed by atoms with Crippen molar-refractivity contribution in [3.8, 4) is 0 Å². The maximum atomic E-state index is 5.58. The smallest absolute Gasteiger partial charge is 0.0338 e. The topological polar surface area (TPSA) is 38.0 Å². The van der Waals surface area contributed by atoms with Crippen molar-refractivity contribution in [2.24, 2.45) is 5.73 Å². The first-order valence-corrected chi connectivity index (χ1v) is 5.07. The Labute approximate surface area is 92.5 Å². The maximum absolute atomic E-state index is 5.58. The Bertz CT molecular complexity index is 340. The van der Waals surface area contributed by atoms with E-state index in [1.54, 1.807) is 0 Å². The van der Waals surface area contributed by atoms with E-state index in [-0.39, 0.29) is 0 Å². The molecule has 3 N–H and O–H groups in total. The number of benzene rings is 1. The van der Waals surface area contributed by atoms with Crippen LogP contribution in [0.2, 0.25) is 0 Å². The summed E-state index contributed by atoms with van der Waals surface area (Å²) in [5.41, 5.74) is 9.01. The number of rotatable bonds is 3. The van der Waals surface area contributed by atoms with Crippen molar-refractivity contribution >= 4 is 11.4 Å². The quantitative estimate of drug-likeness (QED) is 0.794. The zero-order chi connectivity index (χ0) is 11.8. The molecular weight excluding hydrogens is 184 g/mol. The normalized spacial score (nSPS) is 8.47. The first kappa shape index (κ1) is 13.3. The van der Waals surface area contributed by atoms with Crippen molar-refractivity contribution in [2.75, 3.05) is 7.05 Å². The average Bonchev–Trinajstić information content (AvgIpc) is 2.30. The SMILES string of the molecule is C=C(N)c1cccc(C(=C)NC)c1.CC. The average molecular weight is 204 g/mol. The molecule has 0 radical (unpaired) electrons. The molecule has 2 nitrogen and oxygen atoms in total. The fraction of sp³-hybridized carbons (Fsp3) is 0.231. The highest BCUT2D eigenvalue weighted by molar-refractivity contribution is 5.68. The molecule has 0 heterocycles. The Hall–Kier alpha value is -1.70. The fourth-order valence-electron chi connectivity index (χ4n) is 1.05. The highest BCUT2D eigenvalue weighted by atomic mass is 14.8. The molecule has 0 saturated carbocycles. The van der Waals surface area contributed by atoms with E-state index in [0.29, 0.717) is 5.70 Å². The predicted octanol–water partition coefficient (Wildman–Crippen LogP) is 2.83. The van der Waals surface area contributed by atoms with Gasteiger partial charge in [0.05, 0.1) is 0 Å². The molecule has 15 heavy (non-hydrogen) atoms. The van der Waals surface area contributed by atoms with Gasteiger partial charge in [-0.1, -0.05) is 45.2 Å². The zero-order valence-electron chi connectivity index (χ0n) is 9.80. The molecule has 0 fully saturated rings. The van der Waals surface area contributed by atoms with Gasteiger partial charge in [-0.2, -0.15) is 0 Å². The third kappa shape index (κ3) is 3.90. The largest absolute Gasteiger partial charge is 0.399 e. The highest BCUT2D eigenvalue weighted by Crippen LogP contribution is 2.14. The lowest BCUT2D eigenvalue weighted by atomic mass is 10.1. The van der Waals surface area contributed by atoms with E-state index in [9.17, 15) is 0 Å². The van der Waals surface area contributed by atoms with Gasteiger partial charge >= 0.3 is 0 Å². The summed E-state index contributed by atoms with van der Waals surface area (Å²) in [6.07, 6.45) is 0. The first-order chi connectivity index (χ1) is 7.15. The Morgan fingerprint density at radius 3 is 2.20 bits per heavy atom. The molecule has 0 aliphatic rings. The molecule has 0 bridgehead atoms. The lowest BCUT2D eigenvalue weighted by molar-refractivity contribution is 1.13. The molecule has 0 aliphatic heterocycles. The standard InChI is InChI=1S/C11H14N2.C2H6/c1-8(12)10-5-4-6-11(7-10)9(2)13-3;1-2/h4-7,13H,1-2,12H2,3H3;1-2H3. The van der Waals surface area contributed by atoms with Gasteiger partial charge in [0.15, 0.2) is 0 Å². The number of hydrogen-bond donors (Lipinski definition) is 2. The highest BCUT2D eigenvalue weighted by Gasteiger charge is 1.98. The van der Waals surface area contributed by atoms with Crippen molar-refractivity contribution in [3.05, 3.63) is 48.6 Å². The van der Waals surface area contributed by atoms with Gasteiger partial charge in [-0.25, -0.2) is 0 Å². The van der Waals surface area contributed by atoms with Gasteiger partial charge in [0.2, 0.25) is 0 Å². The van der Waals surface area contributed by atoms with Gasteiger partial charge in [-0.3, -0.25) is 0 Å². The molecule has 0 atom stereocenters. The Kier molecular flexibility index (Phi) is 5.95. The van der Waals surface area contributed by atoms with Crippen LogP contribution < -0.4 is 11.1 Å². The maximum Gasteiger partial charge on any atom is 0.0338 e. The lowest BCUT2D eigenvalue weighted by Gasteiger charge is -2.06. The molecule has 0 aliphatic carbocycles. The second-order valence-electron chi connectivity index (χ2n) is 2.83. The van der Waals surface area contributed by atoms with Gasteiger partial charge in [0, 0.05) is 18.4 Å². The van der Waals surface area contributed by atoms with Crippen molar-refractivity contribution < 1.29 is 0 Å².